The van der Waals surface area contributed by atoms with E-state index in [2.05, 4.69) is 15.0 Å². The second-order valence-corrected chi connectivity index (χ2v) is 9.78. The summed E-state index contributed by atoms with van der Waals surface area (Å²) in [5.74, 6) is 0.0195. The van der Waals surface area contributed by atoms with Crippen LogP contribution in [0.4, 0.5) is 18.9 Å². The Balaban J connectivity index is 1.24. The second-order valence-electron chi connectivity index (χ2n) is 9.78. The number of nitrogens with zero attached hydrogens (tertiary/aromatic N) is 1. The van der Waals surface area contributed by atoms with Crippen molar-refractivity contribution in [3.63, 3.8) is 0 Å². The third-order valence-electron chi connectivity index (χ3n) is 6.81. The van der Waals surface area contributed by atoms with E-state index in [4.69, 9.17) is 9.15 Å². The molecule has 4 aromatic rings. The number of amides is 1. The Bertz CT molecular complexity index is 1430. The number of nitrogens with one attached hydrogen (secondary N) is 1. The molecule has 208 valence electrons. The Hall–Kier alpha value is -4.24. The first-order valence-corrected chi connectivity index (χ1v) is 13.0. The molecule has 9 heteroatoms. The number of alkyl halides is 3. The summed E-state index contributed by atoms with van der Waals surface area (Å²) in [5.41, 5.74) is 4.20. The van der Waals surface area contributed by atoms with Gasteiger partial charge in [0.2, 0.25) is 0 Å². The van der Waals surface area contributed by atoms with Crippen molar-refractivity contribution < 1.29 is 31.9 Å². The number of rotatable bonds is 8. The number of hydrogen-bond acceptors (Lipinski definition) is 5. The summed E-state index contributed by atoms with van der Waals surface area (Å²) in [4.78, 5) is 15.7. The lowest BCUT2D eigenvalue weighted by molar-refractivity contribution is -0.274. The summed E-state index contributed by atoms with van der Waals surface area (Å²) in [6.07, 6.45) is 0.558. The van der Waals surface area contributed by atoms with Gasteiger partial charge in [0.1, 0.15) is 17.6 Å². The molecule has 0 unspecified atom stereocenters. The summed E-state index contributed by atoms with van der Waals surface area (Å²) >= 11 is 0. The van der Waals surface area contributed by atoms with Crippen LogP contribution in [0.25, 0.3) is 11.1 Å². The molecule has 40 heavy (non-hydrogen) atoms. The lowest BCUT2D eigenvalue weighted by Crippen LogP contribution is -2.37. The number of hydrogen-bond donors (Lipinski definition) is 1. The smallest absolute Gasteiger partial charge is 0.490 e. The minimum atomic E-state index is -4.77. The Morgan fingerprint density at radius 2 is 1.75 bits per heavy atom. The zero-order valence-corrected chi connectivity index (χ0v) is 21.9. The first-order valence-electron chi connectivity index (χ1n) is 13.0. The van der Waals surface area contributed by atoms with Crippen LogP contribution in [0.5, 0.6) is 11.5 Å². The van der Waals surface area contributed by atoms with Gasteiger partial charge in [-0.3, -0.25) is 9.69 Å². The number of ether oxygens (including phenoxy) is 2. The maximum Gasteiger partial charge on any atom is 0.573 e. The van der Waals surface area contributed by atoms with E-state index in [1.54, 1.807) is 36.8 Å². The Labute approximate surface area is 230 Å². The molecule has 1 N–H and O–H groups in total. The summed E-state index contributed by atoms with van der Waals surface area (Å²) in [6.45, 7) is 4.55. The van der Waals surface area contributed by atoms with Crippen molar-refractivity contribution in [2.75, 3.05) is 18.4 Å². The molecule has 5 rings (SSSR count). The van der Waals surface area contributed by atoms with Gasteiger partial charge in [-0.1, -0.05) is 30.3 Å². The topological polar surface area (TPSA) is 63.9 Å². The van der Waals surface area contributed by atoms with Crippen molar-refractivity contribution >= 4 is 11.6 Å². The first-order chi connectivity index (χ1) is 19.2. The quantitative estimate of drug-likeness (QED) is 0.247. The van der Waals surface area contributed by atoms with E-state index in [1.165, 1.54) is 24.3 Å². The fraction of sp³-hybridized carbons (Fsp3) is 0.258. The van der Waals surface area contributed by atoms with Crippen molar-refractivity contribution in [3.8, 4) is 22.6 Å². The molecule has 1 amide bonds. The molecule has 1 fully saturated rings. The van der Waals surface area contributed by atoms with E-state index in [0.717, 1.165) is 43.6 Å². The summed E-state index contributed by atoms with van der Waals surface area (Å²) in [6, 6.07) is 20.1. The number of carbonyl (C=O) groups is 1. The standard InChI is InChI=1S/C31H29F3N2O4/c1-21-4-2-7-28(29(21)23-8-10-26(11-9-23)40-31(32,33)34)30(37)35-24-5-3-6-27(18-24)39-25-12-15-36(16-13-25)19-22-14-17-38-20-22/h2-11,14,17-18,20,25H,12-13,15-16,19H2,1H3,(H,35,37). The number of benzene rings is 3. The molecule has 0 aliphatic carbocycles. The van der Waals surface area contributed by atoms with E-state index < -0.39 is 6.36 Å². The molecule has 1 aromatic heterocycles. The third-order valence-corrected chi connectivity index (χ3v) is 6.81. The largest absolute Gasteiger partial charge is 0.573 e. The maximum absolute atomic E-state index is 13.3. The van der Waals surface area contributed by atoms with Gasteiger partial charge in [0.15, 0.2) is 0 Å². The van der Waals surface area contributed by atoms with Gasteiger partial charge >= 0.3 is 6.36 Å². The monoisotopic (exact) mass is 550 g/mol. The van der Waals surface area contributed by atoms with Crippen LogP contribution in [0.15, 0.2) is 89.7 Å². The highest BCUT2D eigenvalue weighted by atomic mass is 19.4. The van der Waals surface area contributed by atoms with Gasteiger partial charge in [-0.2, -0.15) is 0 Å². The number of anilines is 1. The van der Waals surface area contributed by atoms with Crippen molar-refractivity contribution in [1.82, 2.24) is 4.90 Å². The molecule has 6 nitrogen and oxygen atoms in total. The van der Waals surface area contributed by atoms with Gasteiger partial charge < -0.3 is 19.2 Å². The van der Waals surface area contributed by atoms with Crippen molar-refractivity contribution in [1.29, 1.82) is 0 Å². The number of halogens is 3. The van der Waals surface area contributed by atoms with Gasteiger partial charge in [-0.15, -0.1) is 13.2 Å². The highest BCUT2D eigenvalue weighted by molar-refractivity contribution is 6.09. The van der Waals surface area contributed by atoms with Gasteiger partial charge in [0.25, 0.3) is 5.91 Å². The second kappa shape index (κ2) is 11.9. The van der Waals surface area contributed by atoms with Gasteiger partial charge in [-0.05, 0) is 72.9 Å². The van der Waals surface area contributed by atoms with Gasteiger partial charge in [0, 0.05) is 42.5 Å². The van der Waals surface area contributed by atoms with Crippen LogP contribution in [0.1, 0.15) is 34.3 Å². The number of piperidine rings is 1. The molecule has 3 aromatic carbocycles. The van der Waals surface area contributed by atoms with Crippen LogP contribution in [-0.4, -0.2) is 36.4 Å². The van der Waals surface area contributed by atoms with Crippen LogP contribution >= 0.6 is 0 Å². The van der Waals surface area contributed by atoms with E-state index in [0.29, 0.717) is 28.1 Å². The molecule has 0 spiro atoms. The van der Waals surface area contributed by atoms with E-state index in [-0.39, 0.29) is 17.8 Å². The highest BCUT2D eigenvalue weighted by Gasteiger charge is 2.31. The fourth-order valence-electron chi connectivity index (χ4n) is 4.93. The lowest BCUT2D eigenvalue weighted by Gasteiger charge is -2.31. The lowest BCUT2D eigenvalue weighted by atomic mass is 9.94. The molecule has 0 radical (unpaired) electrons. The minimum absolute atomic E-state index is 0.0826. The SMILES string of the molecule is Cc1cccc(C(=O)Nc2cccc(OC3CCN(Cc4ccoc4)CC3)c2)c1-c1ccc(OC(F)(F)F)cc1. The first kappa shape index (κ1) is 27.3. The van der Waals surface area contributed by atoms with Crippen LogP contribution < -0.4 is 14.8 Å². The zero-order chi connectivity index (χ0) is 28.1. The molecule has 0 atom stereocenters. The third kappa shape index (κ3) is 7.04. The summed E-state index contributed by atoms with van der Waals surface area (Å²) in [5, 5.41) is 2.94. The average molecular weight is 551 g/mol. The molecule has 1 aliphatic rings. The molecule has 0 saturated carbocycles. The predicted molar refractivity (Wildman–Crippen MR) is 145 cm³/mol. The molecule has 0 bridgehead atoms. The molecule has 2 heterocycles. The molecule has 1 aliphatic heterocycles. The van der Waals surface area contributed by atoms with Crippen LogP contribution in [0.2, 0.25) is 0 Å². The average Bonchev–Trinajstić information content (AvgIpc) is 3.43. The molecular formula is C31H29F3N2O4. The van der Waals surface area contributed by atoms with E-state index >= 15 is 0 Å². The molecule has 1 saturated heterocycles. The Morgan fingerprint density at radius 1 is 1.00 bits per heavy atom. The number of likely N-dealkylation sites (tertiary alicyclic amines) is 1. The predicted octanol–water partition coefficient (Wildman–Crippen LogP) is 7.45. The highest BCUT2D eigenvalue weighted by Crippen LogP contribution is 2.32. The van der Waals surface area contributed by atoms with Gasteiger partial charge in [-0.25, -0.2) is 0 Å². The van der Waals surface area contributed by atoms with Crippen molar-refractivity contribution in [3.05, 3.63) is 102 Å². The number of furan rings is 1. The summed E-state index contributed by atoms with van der Waals surface area (Å²) < 4.78 is 53.0. The van der Waals surface area contributed by atoms with Gasteiger partial charge in [0.05, 0.1) is 12.5 Å². The maximum atomic E-state index is 13.3. The van der Waals surface area contributed by atoms with E-state index in [1.807, 2.05) is 31.2 Å². The van der Waals surface area contributed by atoms with Crippen LogP contribution in [-0.2, 0) is 6.54 Å². The number of aryl methyl sites for hydroxylation is 1. The van der Waals surface area contributed by atoms with E-state index in [9.17, 15) is 18.0 Å². The van der Waals surface area contributed by atoms with Crippen LogP contribution in [0, 0.1) is 6.92 Å². The Kier molecular flexibility index (Phi) is 8.11. The van der Waals surface area contributed by atoms with Crippen molar-refractivity contribution in [2.45, 2.75) is 38.8 Å². The zero-order valence-electron chi connectivity index (χ0n) is 21.9. The normalized spacial score (nSPS) is 14.6. The molecular weight excluding hydrogens is 521 g/mol. The van der Waals surface area contributed by atoms with Crippen molar-refractivity contribution in [2.24, 2.45) is 0 Å². The number of carbonyl (C=O) groups excluding carboxylic acids is 1. The summed E-state index contributed by atoms with van der Waals surface area (Å²) in [7, 11) is 0. The fourth-order valence-corrected chi connectivity index (χ4v) is 4.93. The Morgan fingerprint density at radius 3 is 2.45 bits per heavy atom. The minimum Gasteiger partial charge on any atom is -0.490 e. The van der Waals surface area contributed by atoms with Crippen LogP contribution in [0.3, 0.4) is 0 Å².